The Morgan fingerprint density at radius 1 is 0.915 bits per heavy atom. The molecule has 47 heavy (non-hydrogen) atoms. The number of rotatable bonds is 14. The Balaban J connectivity index is 1.68. The number of nitro groups is 2. The molecule has 1 saturated heterocycles. The van der Waals surface area contributed by atoms with E-state index in [1.54, 1.807) is 12.2 Å². The zero-order valence-electron chi connectivity index (χ0n) is 25.5. The number of hydrogen-bond acceptors (Lipinski definition) is 13. The van der Waals surface area contributed by atoms with Crippen molar-refractivity contribution in [3.8, 4) is 23.3 Å². The fraction of sp³-hybridized carbons (Fsp3) is 0.345. The third-order valence-electron chi connectivity index (χ3n) is 6.81. The Kier molecular flexibility index (Phi) is 12.7. The molecule has 5 N–H and O–H groups in total. The highest BCUT2D eigenvalue weighted by Crippen LogP contribution is 2.37. The number of ether oxygens (including phenoxy) is 3. The van der Waals surface area contributed by atoms with Crippen molar-refractivity contribution in [3.63, 3.8) is 0 Å². The van der Waals surface area contributed by atoms with Gasteiger partial charge in [0.25, 0.3) is 11.4 Å². The Morgan fingerprint density at radius 2 is 1.47 bits per heavy atom. The standard InChI is InChI=1S/C29H33N7O11/c1-45-23-18-20(28(38)46-2)16-22(36(43)44)25(23)31-7-3-4-8-32-26-21(35(41)42)15-19(27(30)37)17-24(26)47-14-6-5-9-33-10-12-34(13-11-33)29(39)40/h3-4,15-18,31-32H,7-14H2,1-2H3,(H2,30,37)(H,39,40)/b4-3+. The number of amides is 2. The number of methoxy groups -OCH3 is 2. The summed E-state index contributed by atoms with van der Waals surface area (Å²) in [6.45, 7) is 2.11. The second kappa shape index (κ2) is 16.8. The molecular formula is C29H33N7O11. The first-order valence-corrected chi connectivity index (χ1v) is 13.9. The Labute approximate surface area is 268 Å². The first-order chi connectivity index (χ1) is 22.5. The van der Waals surface area contributed by atoms with Crippen LogP contribution in [0.1, 0.15) is 20.7 Å². The van der Waals surface area contributed by atoms with E-state index in [2.05, 4.69) is 27.2 Å². The maximum absolute atomic E-state index is 11.9. The number of primary amides is 1. The number of nitro benzene ring substituents is 2. The lowest BCUT2D eigenvalue weighted by Crippen LogP contribution is -2.48. The van der Waals surface area contributed by atoms with Crippen molar-refractivity contribution in [2.45, 2.75) is 0 Å². The smallest absolute Gasteiger partial charge is 0.407 e. The molecule has 1 aliphatic heterocycles. The molecule has 250 valence electrons. The molecule has 3 rings (SSSR count). The van der Waals surface area contributed by atoms with Crippen molar-refractivity contribution < 1.29 is 43.5 Å². The molecular weight excluding hydrogens is 622 g/mol. The maximum Gasteiger partial charge on any atom is 0.407 e. The van der Waals surface area contributed by atoms with E-state index in [4.69, 9.17) is 20.3 Å². The largest absolute Gasteiger partial charge is 0.494 e. The topological polar surface area (TPSA) is 242 Å². The summed E-state index contributed by atoms with van der Waals surface area (Å²) in [6, 6.07) is 4.65. The van der Waals surface area contributed by atoms with Crippen LogP contribution in [0.25, 0.3) is 0 Å². The summed E-state index contributed by atoms with van der Waals surface area (Å²) in [7, 11) is 2.44. The summed E-state index contributed by atoms with van der Waals surface area (Å²) in [6.07, 6.45) is 2.22. The van der Waals surface area contributed by atoms with Gasteiger partial charge in [0.05, 0.1) is 36.2 Å². The maximum atomic E-state index is 11.9. The van der Waals surface area contributed by atoms with E-state index in [0.29, 0.717) is 32.7 Å². The van der Waals surface area contributed by atoms with E-state index >= 15 is 0 Å². The normalized spacial score (nSPS) is 12.9. The summed E-state index contributed by atoms with van der Waals surface area (Å²) < 4.78 is 15.5. The van der Waals surface area contributed by atoms with Crippen molar-refractivity contribution in [2.75, 3.05) is 77.3 Å². The highest BCUT2D eigenvalue weighted by molar-refractivity contribution is 5.96. The van der Waals surface area contributed by atoms with Gasteiger partial charge < -0.3 is 40.6 Å². The SMILES string of the molecule is COC(=O)c1cc(OC)c(NC/C=C/CNc2c(OCC#CCN3CCN(C(=O)O)CC3)cc(C(N)=O)cc2[N+](=O)[O-])c([N+](=O)[O-])c1. The number of carbonyl (C=O) groups excluding carboxylic acids is 2. The van der Waals surface area contributed by atoms with Gasteiger partial charge in [-0.15, -0.1) is 0 Å². The highest BCUT2D eigenvalue weighted by atomic mass is 16.6. The van der Waals surface area contributed by atoms with E-state index in [0.717, 1.165) is 19.2 Å². The zero-order valence-corrected chi connectivity index (χ0v) is 25.5. The number of anilines is 2. The van der Waals surface area contributed by atoms with Crippen LogP contribution in [0.4, 0.5) is 27.5 Å². The van der Waals surface area contributed by atoms with Crippen LogP contribution in [0, 0.1) is 32.1 Å². The number of hydrogen-bond donors (Lipinski definition) is 4. The van der Waals surface area contributed by atoms with Crippen molar-refractivity contribution in [3.05, 3.63) is 67.8 Å². The predicted octanol–water partition coefficient (Wildman–Crippen LogP) is 2.16. The first kappa shape index (κ1) is 35.4. The van der Waals surface area contributed by atoms with Gasteiger partial charge in [0, 0.05) is 57.0 Å². The van der Waals surface area contributed by atoms with Gasteiger partial charge in [-0.05, 0) is 12.1 Å². The third kappa shape index (κ3) is 9.70. The van der Waals surface area contributed by atoms with Gasteiger partial charge in [-0.1, -0.05) is 24.0 Å². The molecule has 2 aromatic carbocycles. The van der Waals surface area contributed by atoms with Crippen LogP contribution in [0.15, 0.2) is 36.4 Å². The number of carboxylic acid groups (broad SMARTS) is 1. The van der Waals surface area contributed by atoms with Gasteiger partial charge in [0.1, 0.15) is 12.4 Å². The zero-order chi connectivity index (χ0) is 34.5. The molecule has 0 unspecified atom stereocenters. The fourth-order valence-corrected chi connectivity index (χ4v) is 4.42. The van der Waals surface area contributed by atoms with Crippen LogP contribution >= 0.6 is 0 Å². The summed E-state index contributed by atoms with van der Waals surface area (Å²) in [4.78, 5) is 60.2. The fourth-order valence-electron chi connectivity index (χ4n) is 4.42. The molecule has 0 saturated carbocycles. The number of nitrogens with one attached hydrogen (secondary N) is 2. The summed E-state index contributed by atoms with van der Waals surface area (Å²) >= 11 is 0. The van der Waals surface area contributed by atoms with Gasteiger partial charge in [-0.2, -0.15) is 0 Å². The van der Waals surface area contributed by atoms with Crippen LogP contribution in [0.5, 0.6) is 11.5 Å². The number of carbonyl (C=O) groups is 3. The van der Waals surface area contributed by atoms with Crippen molar-refractivity contribution in [2.24, 2.45) is 5.73 Å². The molecule has 1 fully saturated rings. The molecule has 0 aliphatic carbocycles. The van der Waals surface area contributed by atoms with E-state index in [1.807, 2.05) is 4.90 Å². The Hall–Kier alpha value is -6.09. The van der Waals surface area contributed by atoms with Gasteiger partial charge in [0.15, 0.2) is 17.1 Å². The molecule has 18 nitrogen and oxygen atoms in total. The Morgan fingerprint density at radius 3 is 1.98 bits per heavy atom. The molecule has 18 heteroatoms. The number of nitrogens with two attached hydrogens (primary N) is 1. The summed E-state index contributed by atoms with van der Waals surface area (Å²) in [5.74, 6) is 4.07. The van der Waals surface area contributed by atoms with Gasteiger partial charge in [0.2, 0.25) is 5.91 Å². The quantitative estimate of drug-likeness (QED) is 0.0750. The second-order valence-electron chi connectivity index (χ2n) is 9.73. The number of esters is 1. The average molecular weight is 656 g/mol. The van der Waals surface area contributed by atoms with Crippen LogP contribution in [0.2, 0.25) is 0 Å². The lowest BCUT2D eigenvalue weighted by Gasteiger charge is -2.31. The monoisotopic (exact) mass is 655 g/mol. The van der Waals surface area contributed by atoms with E-state index in [-0.39, 0.29) is 53.7 Å². The molecule has 1 heterocycles. The number of nitrogens with zero attached hydrogens (tertiary/aromatic N) is 4. The Bertz CT molecular complexity index is 1610. The van der Waals surface area contributed by atoms with E-state index in [9.17, 15) is 34.6 Å². The lowest BCUT2D eigenvalue weighted by atomic mass is 10.1. The molecule has 0 bridgehead atoms. The van der Waals surface area contributed by atoms with Gasteiger partial charge in [-0.3, -0.25) is 29.9 Å². The van der Waals surface area contributed by atoms with Crippen LogP contribution in [0.3, 0.4) is 0 Å². The summed E-state index contributed by atoms with van der Waals surface area (Å²) in [5.41, 5.74) is 4.29. The molecule has 0 atom stereocenters. The minimum atomic E-state index is -0.969. The predicted molar refractivity (Wildman–Crippen MR) is 168 cm³/mol. The van der Waals surface area contributed by atoms with Gasteiger partial charge >= 0.3 is 12.1 Å². The lowest BCUT2D eigenvalue weighted by molar-refractivity contribution is -0.384. The van der Waals surface area contributed by atoms with Crippen LogP contribution in [-0.4, -0.2) is 109 Å². The molecule has 0 spiro atoms. The van der Waals surface area contributed by atoms with Crippen molar-refractivity contribution in [1.82, 2.24) is 9.80 Å². The number of piperazine rings is 1. The average Bonchev–Trinajstić information content (AvgIpc) is 3.05. The minimum Gasteiger partial charge on any atom is -0.494 e. The van der Waals surface area contributed by atoms with Gasteiger partial charge in [-0.25, -0.2) is 9.59 Å². The molecule has 1 aliphatic rings. The van der Waals surface area contributed by atoms with Crippen molar-refractivity contribution >= 4 is 40.7 Å². The molecule has 0 radical (unpaired) electrons. The van der Waals surface area contributed by atoms with Crippen LogP contribution in [-0.2, 0) is 4.74 Å². The molecule has 2 aromatic rings. The van der Waals surface area contributed by atoms with E-state index < -0.39 is 39.2 Å². The third-order valence-corrected chi connectivity index (χ3v) is 6.81. The van der Waals surface area contributed by atoms with E-state index in [1.165, 1.54) is 24.1 Å². The minimum absolute atomic E-state index is 0.0276. The van der Waals surface area contributed by atoms with Crippen LogP contribution < -0.4 is 25.8 Å². The highest BCUT2D eigenvalue weighted by Gasteiger charge is 2.24. The molecule has 2 amide bonds. The van der Waals surface area contributed by atoms with Crippen molar-refractivity contribution in [1.29, 1.82) is 0 Å². The summed E-state index contributed by atoms with van der Waals surface area (Å²) in [5, 5.41) is 38.3. The first-order valence-electron chi connectivity index (χ1n) is 13.9. The number of benzene rings is 2. The second-order valence-corrected chi connectivity index (χ2v) is 9.73. The molecule has 0 aromatic heterocycles.